The summed E-state index contributed by atoms with van der Waals surface area (Å²) >= 11 is 0. The maximum atomic E-state index is 13.1. The van der Waals surface area contributed by atoms with Crippen LogP contribution in [0.3, 0.4) is 0 Å². The van der Waals surface area contributed by atoms with Crippen LogP contribution < -0.4 is 5.32 Å². The predicted octanol–water partition coefficient (Wildman–Crippen LogP) is 4.31. The highest BCUT2D eigenvalue weighted by atomic mass is 19.4. The SMILES string of the molecule is Cc1nc(C(F)(F)F)nn1CC[C@@]1(C2C=CC=CC2)C[C@H]1C(=O)Nc1ccc(F)cn1. The van der Waals surface area contributed by atoms with Crippen LogP contribution in [0.2, 0.25) is 0 Å². The quantitative estimate of drug-likeness (QED) is 0.687. The number of allylic oxidation sites excluding steroid dienone is 4. The van der Waals surface area contributed by atoms with Gasteiger partial charge in [-0.1, -0.05) is 24.3 Å². The molecule has 1 amide bonds. The number of alkyl halides is 3. The zero-order valence-electron chi connectivity index (χ0n) is 16.7. The van der Waals surface area contributed by atoms with Crippen molar-refractivity contribution in [3.63, 3.8) is 0 Å². The minimum absolute atomic E-state index is 0.0836. The van der Waals surface area contributed by atoms with E-state index in [1.165, 1.54) is 23.7 Å². The smallest absolute Gasteiger partial charge is 0.310 e. The van der Waals surface area contributed by atoms with Crippen molar-refractivity contribution >= 4 is 11.7 Å². The molecule has 0 radical (unpaired) electrons. The standard InChI is InChI=1S/C21H21F4N5O/c1-13-27-19(21(23,24)25)29-30(13)10-9-20(14-5-3-2-4-6-14)11-16(20)18(31)28-17-8-7-15(22)12-26-17/h2-5,7-8,12,14,16H,6,9-11H2,1H3,(H,26,28,31)/t14?,16-,20-/m0/s1. The van der Waals surface area contributed by atoms with Gasteiger partial charge < -0.3 is 5.32 Å². The van der Waals surface area contributed by atoms with Gasteiger partial charge in [0.25, 0.3) is 5.82 Å². The van der Waals surface area contributed by atoms with Crippen LogP contribution in [0, 0.1) is 30.0 Å². The van der Waals surface area contributed by atoms with Gasteiger partial charge in [-0.2, -0.15) is 13.2 Å². The Morgan fingerprint density at radius 3 is 2.74 bits per heavy atom. The monoisotopic (exact) mass is 435 g/mol. The van der Waals surface area contributed by atoms with E-state index in [0.717, 1.165) is 12.6 Å². The van der Waals surface area contributed by atoms with Crippen molar-refractivity contribution in [1.29, 1.82) is 0 Å². The van der Waals surface area contributed by atoms with E-state index >= 15 is 0 Å². The first-order valence-corrected chi connectivity index (χ1v) is 9.93. The number of carbonyl (C=O) groups is 1. The van der Waals surface area contributed by atoms with Crippen LogP contribution in [-0.4, -0.2) is 25.7 Å². The van der Waals surface area contributed by atoms with Crippen molar-refractivity contribution in [1.82, 2.24) is 19.7 Å². The molecule has 0 aromatic carbocycles. The number of hydrogen-bond donors (Lipinski definition) is 1. The maximum absolute atomic E-state index is 13.1. The third-order valence-corrected chi connectivity index (χ3v) is 6.03. The third kappa shape index (κ3) is 4.38. The zero-order valence-corrected chi connectivity index (χ0v) is 16.7. The topological polar surface area (TPSA) is 72.7 Å². The maximum Gasteiger partial charge on any atom is 0.453 e. The minimum atomic E-state index is -4.60. The molecule has 1 unspecified atom stereocenters. The van der Waals surface area contributed by atoms with Gasteiger partial charge in [0.15, 0.2) is 0 Å². The summed E-state index contributed by atoms with van der Waals surface area (Å²) in [4.78, 5) is 20.2. The predicted molar refractivity (Wildman–Crippen MR) is 104 cm³/mol. The van der Waals surface area contributed by atoms with E-state index in [9.17, 15) is 22.4 Å². The molecule has 1 fully saturated rings. The number of halogens is 4. The van der Waals surface area contributed by atoms with Gasteiger partial charge in [-0.25, -0.2) is 19.0 Å². The Balaban J connectivity index is 1.50. The van der Waals surface area contributed by atoms with Crippen LogP contribution in [0.4, 0.5) is 23.4 Å². The van der Waals surface area contributed by atoms with Gasteiger partial charge in [-0.15, -0.1) is 5.10 Å². The molecular formula is C21H21F4N5O. The molecule has 164 valence electrons. The van der Waals surface area contributed by atoms with E-state index in [1.807, 2.05) is 24.3 Å². The highest BCUT2D eigenvalue weighted by Crippen LogP contribution is 2.62. The van der Waals surface area contributed by atoms with E-state index in [0.29, 0.717) is 12.8 Å². The lowest BCUT2D eigenvalue weighted by molar-refractivity contribution is -0.145. The van der Waals surface area contributed by atoms with Crippen LogP contribution in [0.5, 0.6) is 0 Å². The Bertz CT molecular complexity index is 1030. The molecule has 2 aliphatic rings. The number of anilines is 1. The van der Waals surface area contributed by atoms with Crippen LogP contribution in [0.25, 0.3) is 0 Å². The molecule has 0 aliphatic heterocycles. The lowest BCUT2D eigenvalue weighted by Gasteiger charge is -2.26. The molecule has 0 saturated heterocycles. The summed E-state index contributed by atoms with van der Waals surface area (Å²) in [6.07, 6.45) is 6.16. The minimum Gasteiger partial charge on any atom is -0.310 e. The van der Waals surface area contributed by atoms with Crippen molar-refractivity contribution in [3.8, 4) is 0 Å². The first kappa shape index (κ1) is 21.2. The van der Waals surface area contributed by atoms with Crippen LogP contribution in [0.1, 0.15) is 30.9 Å². The molecule has 10 heteroatoms. The lowest BCUT2D eigenvalue weighted by atomic mass is 9.79. The van der Waals surface area contributed by atoms with Crippen molar-refractivity contribution in [3.05, 3.63) is 60.1 Å². The van der Waals surface area contributed by atoms with Gasteiger partial charge in [0, 0.05) is 12.5 Å². The second-order valence-corrected chi connectivity index (χ2v) is 7.95. The highest BCUT2D eigenvalue weighted by Gasteiger charge is 2.60. The van der Waals surface area contributed by atoms with Gasteiger partial charge in [0.2, 0.25) is 5.91 Å². The molecule has 1 saturated carbocycles. The van der Waals surface area contributed by atoms with Crippen LogP contribution in [0.15, 0.2) is 42.6 Å². The summed E-state index contributed by atoms with van der Waals surface area (Å²) < 4.78 is 53.1. The molecule has 4 rings (SSSR count). The number of aromatic nitrogens is 4. The number of nitrogens with zero attached hydrogens (tertiary/aromatic N) is 4. The first-order chi connectivity index (χ1) is 14.7. The summed E-state index contributed by atoms with van der Waals surface area (Å²) in [6, 6.07) is 2.60. The fraction of sp³-hybridized carbons (Fsp3) is 0.429. The third-order valence-electron chi connectivity index (χ3n) is 6.03. The summed E-state index contributed by atoms with van der Waals surface area (Å²) in [6.45, 7) is 1.71. The lowest BCUT2D eigenvalue weighted by Crippen LogP contribution is -2.26. The molecule has 6 nitrogen and oxygen atoms in total. The van der Waals surface area contributed by atoms with E-state index in [2.05, 4.69) is 20.4 Å². The molecular weight excluding hydrogens is 414 g/mol. The number of carbonyl (C=O) groups excluding carboxylic acids is 1. The number of aryl methyl sites for hydroxylation is 2. The van der Waals surface area contributed by atoms with Crippen molar-refractivity contribution in [2.24, 2.45) is 17.3 Å². The molecule has 0 bridgehead atoms. The second kappa shape index (κ2) is 7.90. The summed E-state index contributed by atoms with van der Waals surface area (Å²) in [5, 5.41) is 6.32. The Labute approximate surface area is 176 Å². The first-order valence-electron chi connectivity index (χ1n) is 9.93. The fourth-order valence-corrected chi connectivity index (χ4v) is 4.28. The average Bonchev–Trinajstić information content (AvgIpc) is 3.36. The van der Waals surface area contributed by atoms with Crippen molar-refractivity contribution in [2.75, 3.05) is 5.32 Å². The molecule has 2 aliphatic carbocycles. The van der Waals surface area contributed by atoms with Gasteiger partial charge in [0.1, 0.15) is 17.5 Å². The molecule has 2 heterocycles. The van der Waals surface area contributed by atoms with Crippen LogP contribution in [-0.2, 0) is 17.5 Å². The van der Waals surface area contributed by atoms with Gasteiger partial charge in [0.05, 0.1) is 6.20 Å². The fourth-order valence-electron chi connectivity index (χ4n) is 4.28. The van der Waals surface area contributed by atoms with Crippen LogP contribution >= 0.6 is 0 Å². The van der Waals surface area contributed by atoms with Gasteiger partial charge in [-0.05, 0) is 49.7 Å². The largest absolute Gasteiger partial charge is 0.453 e. The van der Waals surface area contributed by atoms with Gasteiger partial charge >= 0.3 is 6.18 Å². The molecule has 1 N–H and O–H groups in total. The highest BCUT2D eigenvalue weighted by molar-refractivity contribution is 5.94. The molecule has 0 spiro atoms. The van der Waals surface area contributed by atoms with Crippen molar-refractivity contribution < 1.29 is 22.4 Å². The Morgan fingerprint density at radius 2 is 2.13 bits per heavy atom. The Morgan fingerprint density at radius 1 is 1.32 bits per heavy atom. The Kier molecular flexibility index (Phi) is 5.40. The molecule has 2 aromatic rings. The normalized spacial score (nSPS) is 24.9. The van der Waals surface area contributed by atoms with E-state index < -0.39 is 23.2 Å². The number of amides is 1. The van der Waals surface area contributed by atoms with Crippen molar-refractivity contribution in [2.45, 2.75) is 38.9 Å². The van der Waals surface area contributed by atoms with E-state index in [-0.39, 0.29) is 35.9 Å². The van der Waals surface area contributed by atoms with Gasteiger partial charge in [-0.3, -0.25) is 4.79 Å². The summed E-state index contributed by atoms with van der Waals surface area (Å²) in [7, 11) is 0. The zero-order chi connectivity index (χ0) is 22.2. The number of rotatable bonds is 6. The summed E-state index contributed by atoms with van der Waals surface area (Å²) in [5.74, 6) is -1.70. The van der Waals surface area contributed by atoms with E-state index in [4.69, 9.17) is 0 Å². The molecule has 3 atom stereocenters. The number of nitrogens with one attached hydrogen (secondary N) is 1. The number of hydrogen-bond acceptors (Lipinski definition) is 4. The summed E-state index contributed by atoms with van der Waals surface area (Å²) in [5.41, 5.74) is -0.401. The molecule has 2 aromatic heterocycles. The second-order valence-electron chi connectivity index (χ2n) is 7.95. The Hall–Kier alpha value is -3.04. The van der Waals surface area contributed by atoms with E-state index in [1.54, 1.807) is 0 Å². The average molecular weight is 435 g/mol. The number of pyridine rings is 1. The molecule has 31 heavy (non-hydrogen) atoms.